The summed E-state index contributed by atoms with van der Waals surface area (Å²) in [5.74, 6) is -0.693. The summed E-state index contributed by atoms with van der Waals surface area (Å²) in [5, 5.41) is 9.21. The van der Waals surface area contributed by atoms with Crippen LogP contribution in [0.25, 0.3) is 0 Å². The van der Waals surface area contributed by atoms with Crippen molar-refractivity contribution in [2.75, 3.05) is 0 Å². The van der Waals surface area contributed by atoms with E-state index in [-0.39, 0.29) is 18.4 Å². The molecule has 0 saturated heterocycles. The second-order valence-corrected chi connectivity index (χ2v) is 4.04. The van der Waals surface area contributed by atoms with Crippen LogP contribution in [-0.2, 0) is 4.79 Å². The maximum Gasteiger partial charge on any atom is 0.311 e. The fourth-order valence-electron chi connectivity index (χ4n) is 2.32. The normalized spacial score (nSPS) is 22.1. The highest BCUT2D eigenvalue weighted by atomic mass is 35.5. The van der Waals surface area contributed by atoms with Crippen molar-refractivity contribution in [3.05, 3.63) is 0 Å². The predicted molar refractivity (Wildman–Crippen MR) is 58.7 cm³/mol. The van der Waals surface area contributed by atoms with Gasteiger partial charge >= 0.3 is 5.97 Å². The molecule has 1 saturated carbocycles. The number of nitrogens with two attached hydrogens (primary N) is 1. The molecule has 84 valence electrons. The molecule has 1 fully saturated rings. The summed E-state index contributed by atoms with van der Waals surface area (Å²) >= 11 is 0. The lowest BCUT2D eigenvalue weighted by molar-refractivity contribution is -0.152. The molecule has 1 aliphatic rings. The molecule has 0 radical (unpaired) electrons. The first-order valence-electron chi connectivity index (χ1n) is 5.12. The molecule has 0 aliphatic heterocycles. The van der Waals surface area contributed by atoms with E-state index in [0.717, 1.165) is 38.5 Å². The van der Waals surface area contributed by atoms with E-state index in [1.807, 2.05) is 6.92 Å². The Morgan fingerprint density at radius 2 is 1.93 bits per heavy atom. The van der Waals surface area contributed by atoms with Gasteiger partial charge in [-0.25, -0.2) is 0 Å². The van der Waals surface area contributed by atoms with Crippen LogP contribution in [0, 0.1) is 5.41 Å². The largest absolute Gasteiger partial charge is 0.481 e. The number of hydrogen-bond acceptors (Lipinski definition) is 2. The van der Waals surface area contributed by atoms with Crippen molar-refractivity contribution in [3.63, 3.8) is 0 Å². The van der Waals surface area contributed by atoms with E-state index in [1.54, 1.807) is 0 Å². The molecule has 3 nitrogen and oxygen atoms in total. The van der Waals surface area contributed by atoms with Gasteiger partial charge < -0.3 is 10.8 Å². The quantitative estimate of drug-likeness (QED) is 0.768. The molecule has 1 unspecified atom stereocenters. The molecule has 3 N–H and O–H groups in total. The summed E-state index contributed by atoms with van der Waals surface area (Å²) in [5.41, 5.74) is 5.28. The van der Waals surface area contributed by atoms with Crippen molar-refractivity contribution in [3.8, 4) is 0 Å². The number of halogens is 1. The van der Waals surface area contributed by atoms with Gasteiger partial charge in [-0.15, -0.1) is 12.4 Å². The molecular weight excluding hydrogens is 202 g/mol. The maximum absolute atomic E-state index is 11.2. The van der Waals surface area contributed by atoms with Gasteiger partial charge in [-0.2, -0.15) is 0 Å². The van der Waals surface area contributed by atoms with E-state index in [9.17, 15) is 9.90 Å². The van der Waals surface area contributed by atoms with E-state index in [0.29, 0.717) is 0 Å². The van der Waals surface area contributed by atoms with Gasteiger partial charge in [0.2, 0.25) is 0 Å². The zero-order chi connectivity index (χ0) is 9.90. The fraction of sp³-hybridized carbons (Fsp3) is 0.900. The van der Waals surface area contributed by atoms with Gasteiger partial charge in [0, 0.05) is 6.04 Å². The zero-order valence-corrected chi connectivity index (χ0v) is 9.48. The minimum atomic E-state index is -0.693. The van der Waals surface area contributed by atoms with E-state index < -0.39 is 11.4 Å². The summed E-state index contributed by atoms with van der Waals surface area (Å²) in [7, 11) is 0. The summed E-state index contributed by atoms with van der Waals surface area (Å²) < 4.78 is 0. The minimum Gasteiger partial charge on any atom is -0.481 e. The number of hydrogen-bond donors (Lipinski definition) is 2. The Kier molecular flexibility index (Phi) is 5.45. The Labute approximate surface area is 91.5 Å². The molecule has 4 heteroatoms. The molecular formula is C10H20ClNO2. The van der Waals surface area contributed by atoms with Gasteiger partial charge in [-0.3, -0.25) is 4.79 Å². The number of rotatable bonds is 3. The average molecular weight is 222 g/mol. The van der Waals surface area contributed by atoms with Crippen molar-refractivity contribution in [2.24, 2.45) is 11.1 Å². The van der Waals surface area contributed by atoms with Crippen molar-refractivity contribution in [1.29, 1.82) is 0 Å². The highest BCUT2D eigenvalue weighted by Crippen LogP contribution is 2.39. The second kappa shape index (κ2) is 5.56. The van der Waals surface area contributed by atoms with E-state index in [1.165, 1.54) is 0 Å². The highest BCUT2D eigenvalue weighted by molar-refractivity contribution is 5.85. The van der Waals surface area contributed by atoms with Crippen LogP contribution in [-0.4, -0.2) is 17.1 Å². The second-order valence-electron chi connectivity index (χ2n) is 4.04. The minimum absolute atomic E-state index is 0. The van der Waals surface area contributed by atoms with Gasteiger partial charge in [0.25, 0.3) is 0 Å². The number of aliphatic carboxylic acids is 1. The van der Waals surface area contributed by atoms with Crippen LogP contribution in [0.3, 0.4) is 0 Å². The standard InChI is InChI=1S/C10H19NO2.ClH/c1-2-8(11)10(9(12)13)6-4-3-5-7-10;/h8H,2-7,11H2,1H3,(H,12,13);1H. The highest BCUT2D eigenvalue weighted by Gasteiger charge is 2.43. The number of carboxylic acid groups (broad SMARTS) is 1. The summed E-state index contributed by atoms with van der Waals surface area (Å²) in [6.07, 6.45) is 5.46. The third-order valence-corrected chi connectivity index (χ3v) is 3.32. The smallest absolute Gasteiger partial charge is 0.311 e. The van der Waals surface area contributed by atoms with Crippen LogP contribution >= 0.6 is 12.4 Å². The molecule has 0 aromatic heterocycles. The van der Waals surface area contributed by atoms with E-state index >= 15 is 0 Å². The van der Waals surface area contributed by atoms with Gasteiger partial charge in [-0.1, -0.05) is 26.2 Å². The van der Waals surface area contributed by atoms with Crippen LogP contribution < -0.4 is 5.73 Å². The van der Waals surface area contributed by atoms with Crippen molar-refractivity contribution in [2.45, 2.75) is 51.5 Å². The molecule has 1 rings (SSSR count). The molecule has 0 heterocycles. The lowest BCUT2D eigenvalue weighted by Crippen LogP contribution is -2.48. The van der Waals surface area contributed by atoms with Crippen LogP contribution in [0.1, 0.15) is 45.4 Å². The average Bonchev–Trinajstić information content (AvgIpc) is 2.17. The number of carbonyl (C=O) groups is 1. The number of carboxylic acids is 1. The fourth-order valence-corrected chi connectivity index (χ4v) is 2.32. The summed E-state index contributed by atoms with van der Waals surface area (Å²) in [6.45, 7) is 1.96. The monoisotopic (exact) mass is 221 g/mol. The molecule has 0 amide bonds. The van der Waals surface area contributed by atoms with E-state index in [2.05, 4.69) is 0 Å². The summed E-state index contributed by atoms with van der Waals surface area (Å²) in [6, 6.07) is -0.176. The Hall–Kier alpha value is -0.280. The Bertz CT molecular complexity index is 191. The van der Waals surface area contributed by atoms with Gasteiger partial charge in [0.05, 0.1) is 5.41 Å². The van der Waals surface area contributed by atoms with Crippen LogP contribution in [0.5, 0.6) is 0 Å². The first kappa shape index (κ1) is 13.7. The molecule has 0 bridgehead atoms. The predicted octanol–water partition coefficient (Wildman–Crippen LogP) is 2.18. The Morgan fingerprint density at radius 3 is 2.29 bits per heavy atom. The van der Waals surface area contributed by atoms with Gasteiger partial charge in [-0.05, 0) is 19.3 Å². The topological polar surface area (TPSA) is 63.3 Å². The molecule has 0 aromatic carbocycles. The Morgan fingerprint density at radius 1 is 1.43 bits per heavy atom. The lowest BCUT2D eigenvalue weighted by Gasteiger charge is -2.37. The molecule has 0 aromatic rings. The molecule has 1 aliphatic carbocycles. The van der Waals surface area contributed by atoms with Crippen molar-refractivity contribution in [1.82, 2.24) is 0 Å². The third kappa shape index (κ3) is 2.39. The molecule has 1 atom stereocenters. The maximum atomic E-state index is 11.2. The first-order valence-corrected chi connectivity index (χ1v) is 5.12. The SMILES string of the molecule is CCC(N)C1(C(=O)O)CCCCC1.Cl. The van der Waals surface area contributed by atoms with Crippen molar-refractivity contribution >= 4 is 18.4 Å². The van der Waals surface area contributed by atoms with Crippen LogP contribution in [0.4, 0.5) is 0 Å². The third-order valence-electron chi connectivity index (χ3n) is 3.32. The van der Waals surface area contributed by atoms with Gasteiger partial charge in [0.15, 0.2) is 0 Å². The van der Waals surface area contributed by atoms with Crippen LogP contribution in [0.15, 0.2) is 0 Å². The summed E-state index contributed by atoms with van der Waals surface area (Å²) in [4.78, 5) is 11.2. The zero-order valence-electron chi connectivity index (χ0n) is 8.66. The van der Waals surface area contributed by atoms with Crippen LogP contribution in [0.2, 0.25) is 0 Å². The molecule has 0 spiro atoms. The van der Waals surface area contributed by atoms with Crippen molar-refractivity contribution < 1.29 is 9.90 Å². The van der Waals surface area contributed by atoms with E-state index in [4.69, 9.17) is 5.73 Å². The van der Waals surface area contributed by atoms with Gasteiger partial charge in [0.1, 0.15) is 0 Å². The first-order chi connectivity index (χ1) is 6.13. The Balaban J connectivity index is 0.00000169. The molecule has 14 heavy (non-hydrogen) atoms. The lowest BCUT2D eigenvalue weighted by atomic mass is 9.68.